The number of nitrogens with zero attached hydrogens (tertiary/aromatic N) is 3. The predicted octanol–water partition coefficient (Wildman–Crippen LogP) is -2.07. The Kier molecular flexibility index (Phi) is 4.40. The molecule has 0 fully saturated rings. The molecule has 8 nitrogen and oxygen atoms in total. The van der Waals surface area contributed by atoms with Gasteiger partial charge in [0.05, 0.1) is 13.7 Å². The van der Waals surface area contributed by atoms with E-state index in [1.54, 1.807) is 0 Å². The molecule has 16 heavy (non-hydrogen) atoms. The summed E-state index contributed by atoms with van der Waals surface area (Å²) in [4.78, 5) is 26.1. The number of aliphatic hydroxyl groups is 1. The second kappa shape index (κ2) is 5.81. The van der Waals surface area contributed by atoms with Crippen molar-refractivity contribution >= 4 is 11.9 Å². The smallest absolute Gasteiger partial charge is 0.330 e. The van der Waals surface area contributed by atoms with E-state index in [1.165, 1.54) is 24.4 Å². The summed E-state index contributed by atoms with van der Waals surface area (Å²) in [5.74, 6) is -1.16. The number of hydrogen-bond donors (Lipinski definition) is 2. The summed E-state index contributed by atoms with van der Waals surface area (Å²) in [6.45, 7) is -0.594. The Balaban J connectivity index is 2.46. The highest BCUT2D eigenvalue weighted by atomic mass is 16.5. The van der Waals surface area contributed by atoms with Gasteiger partial charge >= 0.3 is 5.97 Å². The second-order valence-electron chi connectivity index (χ2n) is 2.92. The van der Waals surface area contributed by atoms with Crippen molar-refractivity contribution in [3.05, 3.63) is 12.7 Å². The van der Waals surface area contributed by atoms with E-state index in [0.29, 0.717) is 0 Å². The molecule has 0 aliphatic carbocycles. The molecule has 1 unspecified atom stereocenters. The molecule has 0 aliphatic rings. The first-order valence-electron chi connectivity index (χ1n) is 4.48. The number of hydrogen-bond acceptors (Lipinski definition) is 6. The Morgan fingerprint density at radius 3 is 2.88 bits per heavy atom. The molecule has 0 aliphatic heterocycles. The lowest BCUT2D eigenvalue weighted by Crippen LogP contribution is -2.45. The van der Waals surface area contributed by atoms with Crippen LogP contribution < -0.4 is 5.32 Å². The summed E-state index contributed by atoms with van der Waals surface area (Å²) in [5.41, 5.74) is 0. The average molecular weight is 228 g/mol. The zero-order valence-corrected chi connectivity index (χ0v) is 8.66. The molecule has 0 aromatic carbocycles. The number of ether oxygens (including phenoxy) is 1. The number of methoxy groups -OCH3 is 1. The van der Waals surface area contributed by atoms with E-state index in [-0.39, 0.29) is 6.54 Å². The van der Waals surface area contributed by atoms with Crippen molar-refractivity contribution < 1.29 is 19.4 Å². The molecule has 1 heterocycles. The number of esters is 1. The third-order valence-corrected chi connectivity index (χ3v) is 1.78. The topological polar surface area (TPSA) is 106 Å². The van der Waals surface area contributed by atoms with Gasteiger partial charge in [-0.15, -0.1) is 0 Å². The van der Waals surface area contributed by atoms with Crippen LogP contribution in [0.25, 0.3) is 0 Å². The molecule has 0 bridgehead atoms. The maximum atomic E-state index is 11.4. The number of carbonyl (C=O) groups is 2. The minimum absolute atomic E-state index is 0.0759. The molecule has 0 radical (unpaired) electrons. The highest BCUT2D eigenvalue weighted by molar-refractivity contribution is 5.84. The first kappa shape index (κ1) is 12.1. The van der Waals surface area contributed by atoms with E-state index in [9.17, 15) is 9.59 Å². The van der Waals surface area contributed by atoms with Gasteiger partial charge < -0.3 is 15.2 Å². The molecule has 0 saturated heterocycles. The van der Waals surface area contributed by atoms with E-state index in [0.717, 1.165) is 0 Å². The van der Waals surface area contributed by atoms with Gasteiger partial charge in [-0.3, -0.25) is 4.79 Å². The number of carbonyl (C=O) groups excluding carboxylic acids is 2. The molecule has 1 aromatic heterocycles. The molecule has 1 atom stereocenters. The van der Waals surface area contributed by atoms with Crippen molar-refractivity contribution in [3.8, 4) is 0 Å². The van der Waals surface area contributed by atoms with Crippen LogP contribution in [0.1, 0.15) is 0 Å². The van der Waals surface area contributed by atoms with Crippen molar-refractivity contribution in [3.63, 3.8) is 0 Å². The summed E-state index contributed by atoms with van der Waals surface area (Å²) >= 11 is 0. The number of aromatic nitrogens is 3. The lowest BCUT2D eigenvalue weighted by atomic mass is 10.3. The Hall–Kier alpha value is -1.96. The van der Waals surface area contributed by atoms with E-state index in [4.69, 9.17) is 5.11 Å². The van der Waals surface area contributed by atoms with Gasteiger partial charge in [-0.25, -0.2) is 14.5 Å². The SMILES string of the molecule is COC(=O)C(CO)NC(=O)Cn1cncn1. The molecule has 1 amide bonds. The first-order chi connectivity index (χ1) is 7.67. The molecule has 2 N–H and O–H groups in total. The summed E-state index contributed by atoms with van der Waals surface area (Å²) in [6, 6.07) is -1.05. The van der Waals surface area contributed by atoms with Crippen LogP contribution in [0, 0.1) is 0 Å². The third kappa shape index (κ3) is 3.31. The second-order valence-corrected chi connectivity index (χ2v) is 2.92. The van der Waals surface area contributed by atoms with Gasteiger partial charge in [0.1, 0.15) is 19.2 Å². The third-order valence-electron chi connectivity index (χ3n) is 1.78. The van der Waals surface area contributed by atoms with Gasteiger partial charge in [-0.2, -0.15) is 5.10 Å². The molecule has 0 saturated carbocycles. The van der Waals surface area contributed by atoms with Crippen molar-refractivity contribution in [2.75, 3.05) is 13.7 Å². The fourth-order valence-electron chi connectivity index (χ4n) is 1.02. The van der Waals surface area contributed by atoms with Gasteiger partial charge in [0.25, 0.3) is 0 Å². The minimum atomic E-state index is -1.05. The van der Waals surface area contributed by atoms with Crippen molar-refractivity contribution in [1.29, 1.82) is 0 Å². The first-order valence-corrected chi connectivity index (χ1v) is 4.48. The van der Waals surface area contributed by atoms with Crippen LogP contribution >= 0.6 is 0 Å². The van der Waals surface area contributed by atoms with Gasteiger partial charge in [0.2, 0.25) is 5.91 Å². The van der Waals surface area contributed by atoms with Crippen LogP contribution in [-0.2, 0) is 20.9 Å². The van der Waals surface area contributed by atoms with Gasteiger partial charge in [0.15, 0.2) is 6.04 Å². The largest absolute Gasteiger partial charge is 0.467 e. The molecule has 1 aromatic rings. The van der Waals surface area contributed by atoms with E-state index >= 15 is 0 Å². The monoisotopic (exact) mass is 228 g/mol. The number of rotatable bonds is 5. The summed E-state index contributed by atoms with van der Waals surface area (Å²) in [6.07, 6.45) is 2.66. The molecular weight excluding hydrogens is 216 g/mol. The average Bonchev–Trinajstić information content (AvgIpc) is 2.77. The zero-order chi connectivity index (χ0) is 12.0. The van der Waals surface area contributed by atoms with Crippen LogP contribution in [0.2, 0.25) is 0 Å². The fraction of sp³-hybridized carbons (Fsp3) is 0.500. The fourth-order valence-corrected chi connectivity index (χ4v) is 1.02. The van der Waals surface area contributed by atoms with Crippen molar-refractivity contribution in [1.82, 2.24) is 20.1 Å². The Bertz CT molecular complexity index is 351. The van der Waals surface area contributed by atoms with Crippen LogP contribution in [-0.4, -0.2) is 51.5 Å². The van der Waals surface area contributed by atoms with Crippen molar-refractivity contribution in [2.24, 2.45) is 0 Å². The Morgan fingerprint density at radius 2 is 2.38 bits per heavy atom. The van der Waals surface area contributed by atoms with Gasteiger partial charge in [-0.1, -0.05) is 0 Å². The zero-order valence-electron chi connectivity index (χ0n) is 8.66. The molecule has 1 rings (SSSR count). The Morgan fingerprint density at radius 1 is 1.62 bits per heavy atom. The van der Waals surface area contributed by atoms with Gasteiger partial charge in [-0.05, 0) is 0 Å². The Labute approximate surface area is 91.2 Å². The number of amides is 1. The summed E-state index contributed by atoms with van der Waals surface area (Å²) in [7, 11) is 1.18. The van der Waals surface area contributed by atoms with Crippen molar-refractivity contribution in [2.45, 2.75) is 12.6 Å². The summed E-state index contributed by atoms with van der Waals surface area (Å²) < 4.78 is 5.68. The molecule has 0 spiro atoms. The minimum Gasteiger partial charge on any atom is -0.467 e. The number of nitrogens with one attached hydrogen (secondary N) is 1. The van der Waals surface area contributed by atoms with E-state index < -0.39 is 24.5 Å². The standard InChI is InChI=1S/C8H12N4O4/c1-16-8(15)6(3-13)11-7(14)2-12-5-9-4-10-12/h4-6,13H,2-3H2,1H3,(H,11,14). The predicted molar refractivity (Wildman–Crippen MR) is 51.1 cm³/mol. The quantitative estimate of drug-likeness (QED) is 0.561. The van der Waals surface area contributed by atoms with Crippen LogP contribution in [0.3, 0.4) is 0 Å². The van der Waals surface area contributed by atoms with E-state index in [1.807, 2.05) is 0 Å². The molecule has 8 heteroatoms. The summed E-state index contributed by atoms with van der Waals surface area (Å²) in [5, 5.41) is 14.9. The molecular formula is C8H12N4O4. The van der Waals surface area contributed by atoms with Crippen LogP contribution in [0.15, 0.2) is 12.7 Å². The highest BCUT2D eigenvalue weighted by Crippen LogP contribution is 1.88. The lowest BCUT2D eigenvalue weighted by Gasteiger charge is -2.13. The van der Waals surface area contributed by atoms with Crippen LogP contribution in [0.5, 0.6) is 0 Å². The number of aliphatic hydroxyl groups excluding tert-OH is 1. The maximum absolute atomic E-state index is 11.4. The van der Waals surface area contributed by atoms with E-state index in [2.05, 4.69) is 20.1 Å². The van der Waals surface area contributed by atoms with Crippen LogP contribution in [0.4, 0.5) is 0 Å². The maximum Gasteiger partial charge on any atom is 0.330 e. The molecule has 88 valence electrons. The normalized spacial score (nSPS) is 11.9. The highest BCUT2D eigenvalue weighted by Gasteiger charge is 2.20. The lowest BCUT2D eigenvalue weighted by molar-refractivity contribution is -0.146. The van der Waals surface area contributed by atoms with Gasteiger partial charge in [0, 0.05) is 0 Å².